The summed E-state index contributed by atoms with van der Waals surface area (Å²) in [5.41, 5.74) is 3.14. The van der Waals surface area contributed by atoms with Gasteiger partial charge in [0.25, 0.3) is 0 Å². The van der Waals surface area contributed by atoms with Gasteiger partial charge in [0.15, 0.2) is 0 Å². The number of carbonyl (C=O) groups is 1. The Morgan fingerprint density at radius 2 is 2.00 bits per heavy atom. The molecule has 0 bridgehead atoms. The van der Waals surface area contributed by atoms with E-state index in [2.05, 4.69) is 31.8 Å². The molecular formula is C23H31NO2S. The Labute approximate surface area is 167 Å². The quantitative estimate of drug-likeness (QED) is 0.567. The fourth-order valence-electron chi connectivity index (χ4n) is 4.08. The summed E-state index contributed by atoms with van der Waals surface area (Å²) < 4.78 is 5.88. The van der Waals surface area contributed by atoms with Gasteiger partial charge in [0.2, 0.25) is 5.89 Å². The molecule has 3 rings (SSSR count). The summed E-state index contributed by atoms with van der Waals surface area (Å²) >= 11 is 1.66. The summed E-state index contributed by atoms with van der Waals surface area (Å²) in [6.45, 7) is 8.67. The van der Waals surface area contributed by atoms with Crippen LogP contribution in [-0.2, 0) is 10.5 Å². The first-order chi connectivity index (χ1) is 13.0. The van der Waals surface area contributed by atoms with E-state index in [9.17, 15) is 4.79 Å². The second kappa shape index (κ2) is 9.09. The van der Waals surface area contributed by atoms with Crippen molar-refractivity contribution in [3.05, 3.63) is 41.3 Å². The van der Waals surface area contributed by atoms with Gasteiger partial charge in [0, 0.05) is 17.7 Å². The zero-order chi connectivity index (χ0) is 19.4. The first kappa shape index (κ1) is 20.2. The Bertz CT molecular complexity index is 782. The summed E-state index contributed by atoms with van der Waals surface area (Å²) in [5.74, 6) is 5.20. The summed E-state index contributed by atoms with van der Waals surface area (Å²) in [7, 11) is 0. The number of Topliss-reactive ketones (excluding diaryl/α,β-unsaturated/α-hetero) is 1. The number of benzene rings is 1. The third kappa shape index (κ3) is 5.04. The molecule has 1 fully saturated rings. The van der Waals surface area contributed by atoms with Crippen molar-refractivity contribution in [2.45, 2.75) is 59.1 Å². The lowest BCUT2D eigenvalue weighted by molar-refractivity contribution is -0.118. The van der Waals surface area contributed by atoms with E-state index in [1.165, 1.54) is 19.3 Å². The van der Waals surface area contributed by atoms with E-state index >= 15 is 0 Å². The van der Waals surface area contributed by atoms with E-state index in [1.807, 2.05) is 25.1 Å². The highest BCUT2D eigenvalue weighted by atomic mass is 32.2. The number of aromatic nitrogens is 1. The topological polar surface area (TPSA) is 43.1 Å². The lowest BCUT2D eigenvalue weighted by Gasteiger charge is -2.33. The normalized spacial score (nSPS) is 22.7. The molecular weight excluding hydrogens is 354 g/mol. The lowest BCUT2D eigenvalue weighted by Crippen LogP contribution is -2.26. The van der Waals surface area contributed by atoms with Gasteiger partial charge >= 0.3 is 0 Å². The average Bonchev–Trinajstić information content (AvgIpc) is 3.00. The van der Waals surface area contributed by atoms with Crippen molar-refractivity contribution in [3.63, 3.8) is 0 Å². The van der Waals surface area contributed by atoms with Crippen molar-refractivity contribution in [1.29, 1.82) is 0 Å². The monoisotopic (exact) mass is 385 g/mol. The number of hydrogen-bond donors (Lipinski definition) is 0. The first-order valence-electron chi connectivity index (χ1n) is 10.1. The number of ketones is 1. The first-order valence-corrected chi connectivity index (χ1v) is 11.2. The molecule has 4 heteroatoms. The van der Waals surface area contributed by atoms with Crippen molar-refractivity contribution < 1.29 is 9.21 Å². The van der Waals surface area contributed by atoms with E-state index < -0.39 is 0 Å². The largest absolute Gasteiger partial charge is 0.441 e. The van der Waals surface area contributed by atoms with Crippen molar-refractivity contribution in [2.24, 2.45) is 17.8 Å². The molecule has 1 aliphatic carbocycles. The molecule has 0 spiro atoms. The van der Waals surface area contributed by atoms with Gasteiger partial charge in [-0.15, -0.1) is 11.8 Å². The third-order valence-electron chi connectivity index (χ3n) is 6.14. The van der Waals surface area contributed by atoms with Crippen molar-refractivity contribution in [3.8, 4) is 11.5 Å². The van der Waals surface area contributed by atoms with Crippen LogP contribution in [0.2, 0.25) is 0 Å². The van der Waals surface area contributed by atoms with Crippen LogP contribution in [0.1, 0.15) is 56.5 Å². The van der Waals surface area contributed by atoms with Gasteiger partial charge in [-0.05, 0) is 49.7 Å². The summed E-state index contributed by atoms with van der Waals surface area (Å²) in [6.07, 6.45) is 4.54. The maximum Gasteiger partial charge on any atom is 0.226 e. The standard InChI is InChI=1S/C23H31NO2S/c1-15-9-7-10-19(17(15)3)12-20(25)13-27-14-22-18(4)26-23(24-22)21-11-6-5-8-16(21)2/h5-6,8,11,15,17,19H,7,9-10,12-14H2,1-4H3. The highest BCUT2D eigenvalue weighted by Crippen LogP contribution is 2.36. The average molecular weight is 386 g/mol. The van der Waals surface area contributed by atoms with Crippen molar-refractivity contribution in [2.75, 3.05) is 5.75 Å². The van der Waals surface area contributed by atoms with Crippen LogP contribution in [0, 0.1) is 31.6 Å². The number of thioether (sulfide) groups is 1. The van der Waals surface area contributed by atoms with Crippen LogP contribution in [0.15, 0.2) is 28.7 Å². The van der Waals surface area contributed by atoms with Crippen LogP contribution in [0.5, 0.6) is 0 Å². The molecule has 1 aliphatic rings. The molecule has 0 amide bonds. The molecule has 0 saturated heterocycles. The van der Waals surface area contributed by atoms with Gasteiger partial charge in [-0.25, -0.2) is 4.98 Å². The molecule has 1 aromatic carbocycles. The Morgan fingerprint density at radius 1 is 1.22 bits per heavy atom. The molecule has 0 radical (unpaired) electrons. The number of hydrogen-bond acceptors (Lipinski definition) is 4. The second-order valence-corrected chi connectivity index (χ2v) is 9.09. The van der Waals surface area contributed by atoms with E-state index in [0.717, 1.165) is 40.7 Å². The third-order valence-corrected chi connectivity index (χ3v) is 7.14. The Morgan fingerprint density at radius 3 is 2.78 bits per heavy atom. The van der Waals surface area contributed by atoms with Gasteiger partial charge in [-0.2, -0.15) is 0 Å². The molecule has 2 aromatic rings. The summed E-state index contributed by atoms with van der Waals surface area (Å²) in [5, 5.41) is 0. The maximum atomic E-state index is 12.4. The molecule has 3 atom stereocenters. The van der Waals surface area contributed by atoms with Gasteiger partial charge in [0.05, 0.1) is 11.4 Å². The van der Waals surface area contributed by atoms with Crippen LogP contribution in [0.4, 0.5) is 0 Å². The van der Waals surface area contributed by atoms with E-state index in [1.54, 1.807) is 11.8 Å². The minimum absolute atomic E-state index is 0.381. The van der Waals surface area contributed by atoms with Crippen LogP contribution in [0.3, 0.4) is 0 Å². The highest BCUT2D eigenvalue weighted by molar-refractivity contribution is 7.99. The molecule has 3 unspecified atom stereocenters. The molecule has 146 valence electrons. The van der Waals surface area contributed by atoms with Crippen LogP contribution >= 0.6 is 11.8 Å². The molecule has 1 heterocycles. The zero-order valence-electron chi connectivity index (χ0n) is 17.0. The van der Waals surface area contributed by atoms with Gasteiger partial charge in [-0.3, -0.25) is 4.79 Å². The summed E-state index contributed by atoms with van der Waals surface area (Å²) in [6, 6.07) is 8.12. The maximum absolute atomic E-state index is 12.4. The number of aryl methyl sites for hydroxylation is 2. The number of rotatable bonds is 7. The molecule has 1 aromatic heterocycles. The highest BCUT2D eigenvalue weighted by Gasteiger charge is 2.28. The second-order valence-electron chi connectivity index (χ2n) is 8.10. The predicted molar refractivity (Wildman–Crippen MR) is 113 cm³/mol. The van der Waals surface area contributed by atoms with Gasteiger partial charge < -0.3 is 4.42 Å². The minimum Gasteiger partial charge on any atom is -0.441 e. The van der Waals surface area contributed by atoms with Gasteiger partial charge in [0.1, 0.15) is 11.5 Å². The SMILES string of the molecule is Cc1ccccc1-c1nc(CSCC(=O)CC2CCCC(C)C2C)c(C)o1. The Balaban J connectivity index is 1.52. The summed E-state index contributed by atoms with van der Waals surface area (Å²) in [4.78, 5) is 17.1. The number of carbonyl (C=O) groups excluding carboxylic acids is 1. The van der Waals surface area contributed by atoms with Crippen LogP contribution < -0.4 is 0 Å². The lowest BCUT2D eigenvalue weighted by atomic mass is 9.72. The number of oxazole rings is 1. The Hall–Kier alpha value is -1.55. The predicted octanol–water partition coefficient (Wildman–Crippen LogP) is 6.22. The molecule has 1 saturated carbocycles. The van der Waals surface area contributed by atoms with Gasteiger partial charge in [-0.1, -0.05) is 44.9 Å². The Kier molecular flexibility index (Phi) is 6.80. The number of nitrogens with zero attached hydrogens (tertiary/aromatic N) is 1. The minimum atomic E-state index is 0.381. The molecule has 0 aliphatic heterocycles. The van der Waals surface area contributed by atoms with E-state index in [-0.39, 0.29) is 0 Å². The molecule has 0 N–H and O–H groups in total. The smallest absolute Gasteiger partial charge is 0.226 e. The van der Waals surface area contributed by atoms with E-state index in [0.29, 0.717) is 29.3 Å². The molecule has 3 nitrogen and oxygen atoms in total. The fourth-order valence-corrected chi connectivity index (χ4v) is 4.99. The van der Waals surface area contributed by atoms with Crippen molar-refractivity contribution in [1.82, 2.24) is 4.98 Å². The zero-order valence-corrected chi connectivity index (χ0v) is 17.8. The van der Waals surface area contributed by atoms with Crippen LogP contribution in [0.25, 0.3) is 11.5 Å². The molecule has 27 heavy (non-hydrogen) atoms. The fraction of sp³-hybridized carbons (Fsp3) is 0.565. The van der Waals surface area contributed by atoms with Crippen LogP contribution in [-0.4, -0.2) is 16.5 Å². The van der Waals surface area contributed by atoms with E-state index in [4.69, 9.17) is 4.42 Å². The van der Waals surface area contributed by atoms with Crippen molar-refractivity contribution >= 4 is 17.5 Å².